The summed E-state index contributed by atoms with van der Waals surface area (Å²) in [5, 5.41) is 26.8. The van der Waals surface area contributed by atoms with Crippen LogP contribution in [0.1, 0.15) is 37.7 Å². The van der Waals surface area contributed by atoms with Gasteiger partial charge in [-0.25, -0.2) is 0 Å². The Morgan fingerprint density at radius 2 is 1.91 bits per heavy atom. The van der Waals surface area contributed by atoms with Crippen molar-refractivity contribution in [3.05, 3.63) is 41.7 Å². The SMILES string of the molecule is NC(=O)[C@H](CC(=O)O)NC(=O)[C@@H]1CCCN1C(=O)C1NC=C(CCCc2ccc(O)cc2)N1. The largest absolute Gasteiger partial charge is 0.508 e. The minimum Gasteiger partial charge on any atom is -0.508 e. The molecule has 1 aromatic carbocycles. The van der Waals surface area contributed by atoms with E-state index in [-0.39, 0.29) is 11.7 Å². The van der Waals surface area contributed by atoms with E-state index >= 15 is 0 Å². The summed E-state index contributed by atoms with van der Waals surface area (Å²) in [4.78, 5) is 49.5. The first kappa shape index (κ1) is 23.9. The zero-order valence-corrected chi connectivity index (χ0v) is 18.1. The molecule has 0 bridgehead atoms. The monoisotopic (exact) mass is 459 g/mol. The van der Waals surface area contributed by atoms with Crippen LogP contribution in [0.25, 0.3) is 0 Å². The molecule has 2 aliphatic rings. The third kappa shape index (κ3) is 6.37. The van der Waals surface area contributed by atoms with Gasteiger partial charge < -0.3 is 36.8 Å². The molecule has 3 amide bonds. The Morgan fingerprint density at radius 1 is 1.18 bits per heavy atom. The summed E-state index contributed by atoms with van der Waals surface area (Å²) in [5.41, 5.74) is 7.17. The molecule has 1 saturated heterocycles. The van der Waals surface area contributed by atoms with E-state index in [1.54, 1.807) is 18.3 Å². The predicted octanol–water partition coefficient (Wildman–Crippen LogP) is -0.489. The lowest BCUT2D eigenvalue weighted by Crippen LogP contribution is -2.56. The van der Waals surface area contributed by atoms with Crippen LogP contribution >= 0.6 is 0 Å². The van der Waals surface area contributed by atoms with Crippen molar-refractivity contribution in [3.8, 4) is 5.75 Å². The van der Waals surface area contributed by atoms with Gasteiger partial charge >= 0.3 is 5.97 Å². The molecule has 0 aromatic heterocycles. The molecule has 11 heteroatoms. The van der Waals surface area contributed by atoms with Crippen molar-refractivity contribution in [2.45, 2.75) is 56.8 Å². The summed E-state index contributed by atoms with van der Waals surface area (Å²) in [7, 11) is 0. The maximum absolute atomic E-state index is 13.0. The molecule has 7 N–H and O–H groups in total. The molecule has 0 spiro atoms. The van der Waals surface area contributed by atoms with Crippen molar-refractivity contribution < 1.29 is 29.4 Å². The van der Waals surface area contributed by atoms with Crippen LogP contribution in [-0.2, 0) is 25.6 Å². The van der Waals surface area contributed by atoms with Gasteiger partial charge in [-0.1, -0.05) is 12.1 Å². The van der Waals surface area contributed by atoms with Crippen molar-refractivity contribution in [1.82, 2.24) is 20.9 Å². The molecule has 0 aliphatic carbocycles. The van der Waals surface area contributed by atoms with Crippen LogP contribution < -0.4 is 21.7 Å². The zero-order chi connectivity index (χ0) is 24.0. The molecule has 33 heavy (non-hydrogen) atoms. The molecular weight excluding hydrogens is 430 g/mol. The average molecular weight is 460 g/mol. The molecule has 3 atom stereocenters. The Balaban J connectivity index is 1.49. The number of likely N-dealkylation sites (tertiary alicyclic amines) is 1. The minimum atomic E-state index is -1.34. The molecule has 2 heterocycles. The van der Waals surface area contributed by atoms with Gasteiger partial charge in [0, 0.05) is 18.4 Å². The van der Waals surface area contributed by atoms with Crippen LogP contribution in [0.2, 0.25) is 0 Å². The number of carboxylic acid groups (broad SMARTS) is 1. The fourth-order valence-corrected chi connectivity index (χ4v) is 4.01. The Kier molecular flexibility index (Phi) is 7.75. The number of carbonyl (C=O) groups is 4. The molecule has 1 fully saturated rings. The quantitative estimate of drug-likeness (QED) is 0.272. The van der Waals surface area contributed by atoms with Gasteiger partial charge in [0.2, 0.25) is 11.8 Å². The van der Waals surface area contributed by atoms with E-state index in [1.165, 1.54) is 4.90 Å². The van der Waals surface area contributed by atoms with Crippen molar-refractivity contribution in [3.63, 3.8) is 0 Å². The highest BCUT2D eigenvalue weighted by Crippen LogP contribution is 2.20. The van der Waals surface area contributed by atoms with E-state index < -0.39 is 42.5 Å². The number of aliphatic carboxylic acids is 1. The number of nitrogens with zero attached hydrogens (tertiary/aromatic N) is 1. The fraction of sp³-hybridized carbons (Fsp3) is 0.455. The number of carboxylic acids is 1. The van der Waals surface area contributed by atoms with Gasteiger partial charge in [0.25, 0.3) is 5.91 Å². The highest BCUT2D eigenvalue weighted by atomic mass is 16.4. The first-order valence-corrected chi connectivity index (χ1v) is 10.9. The highest BCUT2D eigenvalue weighted by Gasteiger charge is 2.39. The van der Waals surface area contributed by atoms with E-state index in [1.807, 2.05) is 12.1 Å². The minimum absolute atomic E-state index is 0.227. The number of primary amides is 1. The van der Waals surface area contributed by atoms with Crippen LogP contribution in [0.15, 0.2) is 36.2 Å². The Bertz CT molecular complexity index is 932. The normalized spacial score (nSPS) is 20.4. The van der Waals surface area contributed by atoms with E-state index in [4.69, 9.17) is 10.8 Å². The van der Waals surface area contributed by atoms with Gasteiger partial charge in [-0.3, -0.25) is 19.2 Å². The van der Waals surface area contributed by atoms with E-state index in [0.29, 0.717) is 19.4 Å². The van der Waals surface area contributed by atoms with E-state index in [0.717, 1.165) is 30.5 Å². The molecule has 178 valence electrons. The van der Waals surface area contributed by atoms with Crippen LogP contribution in [0.4, 0.5) is 0 Å². The standard InChI is InChI=1S/C22H29N5O6/c23-19(31)16(11-18(29)30)26-21(32)17-5-2-10-27(17)22(33)20-24-12-14(25-20)4-1-3-13-6-8-15(28)9-7-13/h6-9,12,16-17,20,24-25,28H,1-5,10-11H2,(H2,23,31)(H,26,32)(H,29,30)/t16-,17-,20?/m0/s1. The number of hydrogen-bond acceptors (Lipinski definition) is 7. The number of rotatable bonds is 10. The van der Waals surface area contributed by atoms with Crippen LogP contribution in [-0.4, -0.2) is 63.6 Å². The van der Waals surface area contributed by atoms with Gasteiger partial charge in [-0.15, -0.1) is 0 Å². The number of nitrogens with two attached hydrogens (primary N) is 1. The average Bonchev–Trinajstić information content (AvgIpc) is 3.44. The number of amides is 3. The molecule has 11 nitrogen and oxygen atoms in total. The van der Waals surface area contributed by atoms with Crippen molar-refractivity contribution >= 4 is 23.7 Å². The zero-order valence-electron chi connectivity index (χ0n) is 18.1. The first-order chi connectivity index (χ1) is 15.7. The number of aryl methyl sites for hydroxylation is 1. The lowest BCUT2D eigenvalue weighted by atomic mass is 10.1. The maximum atomic E-state index is 13.0. The molecule has 3 rings (SSSR count). The van der Waals surface area contributed by atoms with Crippen LogP contribution in [0.3, 0.4) is 0 Å². The number of benzene rings is 1. The summed E-state index contributed by atoms with van der Waals surface area (Å²) in [6.07, 6.45) is 3.85. The number of phenolic OH excluding ortho intramolecular Hbond substituents is 1. The predicted molar refractivity (Wildman–Crippen MR) is 117 cm³/mol. The first-order valence-electron chi connectivity index (χ1n) is 10.9. The third-order valence-electron chi connectivity index (χ3n) is 5.73. The summed E-state index contributed by atoms with van der Waals surface area (Å²) in [6.45, 7) is 0.382. The van der Waals surface area contributed by atoms with Crippen molar-refractivity contribution in [1.29, 1.82) is 0 Å². The molecular formula is C22H29N5O6. The van der Waals surface area contributed by atoms with Gasteiger partial charge in [0.1, 0.15) is 17.8 Å². The number of hydrogen-bond donors (Lipinski definition) is 6. The third-order valence-corrected chi connectivity index (χ3v) is 5.73. The molecule has 1 aromatic rings. The number of carbonyl (C=O) groups excluding carboxylic acids is 3. The summed E-state index contributed by atoms with van der Waals surface area (Å²) >= 11 is 0. The van der Waals surface area contributed by atoms with Crippen LogP contribution in [0.5, 0.6) is 5.75 Å². The Morgan fingerprint density at radius 3 is 2.58 bits per heavy atom. The molecule has 2 aliphatic heterocycles. The second-order valence-electron chi connectivity index (χ2n) is 8.18. The smallest absolute Gasteiger partial charge is 0.305 e. The van der Waals surface area contributed by atoms with Crippen molar-refractivity contribution in [2.75, 3.05) is 6.54 Å². The second kappa shape index (κ2) is 10.7. The van der Waals surface area contributed by atoms with Gasteiger partial charge in [0.15, 0.2) is 6.17 Å². The highest BCUT2D eigenvalue weighted by molar-refractivity contribution is 5.94. The number of nitrogens with one attached hydrogen (secondary N) is 3. The molecule has 0 saturated carbocycles. The number of allylic oxidation sites excluding steroid dienone is 1. The number of aromatic hydroxyl groups is 1. The summed E-state index contributed by atoms with van der Waals surface area (Å²) in [6, 6.07) is 4.90. The van der Waals surface area contributed by atoms with Gasteiger partial charge in [-0.2, -0.15) is 0 Å². The lowest BCUT2D eigenvalue weighted by molar-refractivity contribution is -0.143. The van der Waals surface area contributed by atoms with E-state index in [9.17, 15) is 24.3 Å². The van der Waals surface area contributed by atoms with E-state index in [2.05, 4.69) is 16.0 Å². The topological polar surface area (TPSA) is 174 Å². The fourth-order valence-electron chi connectivity index (χ4n) is 4.01. The summed E-state index contributed by atoms with van der Waals surface area (Å²) in [5.74, 6) is -2.87. The number of phenols is 1. The lowest BCUT2D eigenvalue weighted by Gasteiger charge is -2.28. The second-order valence-corrected chi connectivity index (χ2v) is 8.18. The van der Waals surface area contributed by atoms with Crippen molar-refractivity contribution in [2.24, 2.45) is 5.73 Å². The van der Waals surface area contributed by atoms with Gasteiger partial charge in [0.05, 0.1) is 6.42 Å². The Labute approximate surface area is 191 Å². The molecule has 1 unspecified atom stereocenters. The molecule has 0 radical (unpaired) electrons. The van der Waals surface area contributed by atoms with Crippen LogP contribution in [0, 0.1) is 0 Å². The Hall–Kier alpha value is -3.76. The maximum Gasteiger partial charge on any atom is 0.305 e. The van der Waals surface area contributed by atoms with Gasteiger partial charge in [-0.05, 0) is 49.8 Å². The summed E-state index contributed by atoms with van der Waals surface area (Å²) < 4.78 is 0.